The van der Waals surface area contributed by atoms with E-state index in [0.717, 1.165) is 22.5 Å². The minimum Gasteiger partial charge on any atom is -0.497 e. The molecule has 1 N–H and O–H groups in total. The summed E-state index contributed by atoms with van der Waals surface area (Å²) in [6.45, 7) is 18.8. The summed E-state index contributed by atoms with van der Waals surface area (Å²) in [7, 11) is 3.07. The molecule has 0 aliphatic rings. The van der Waals surface area contributed by atoms with Gasteiger partial charge in [-0.2, -0.15) is 0 Å². The van der Waals surface area contributed by atoms with Crippen LogP contribution in [-0.2, 0) is 30.0 Å². The second kappa shape index (κ2) is 17.3. The summed E-state index contributed by atoms with van der Waals surface area (Å²) in [6, 6.07) is 7.82. The van der Waals surface area contributed by atoms with Crippen molar-refractivity contribution in [3.05, 3.63) is 53.1 Å². The third-order valence-electron chi connectivity index (χ3n) is 7.74. The minimum atomic E-state index is -1.85. The van der Waals surface area contributed by atoms with E-state index in [0.29, 0.717) is 26.2 Å². The molecule has 224 valence electrons. The third kappa shape index (κ3) is 12.3. The molecule has 4 atom stereocenters. The first-order valence-corrected chi connectivity index (χ1v) is 16.7. The summed E-state index contributed by atoms with van der Waals surface area (Å²) in [4.78, 5) is 0. The van der Waals surface area contributed by atoms with Gasteiger partial charge in [0.1, 0.15) is 12.5 Å². The maximum atomic E-state index is 11.2. The van der Waals surface area contributed by atoms with Gasteiger partial charge < -0.3 is 33.2 Å². The molecule has 0 unspecified atom stereocenters. The van der Waals surface area contributed by atoms with Crippen molar-refractivity contribution in [1.29, 1.82) is 0 Å². The van der Waals surface area contributed by atoms with Gasteiger partial charge in [0.15, 0.2) is 8.32 Å². The maximum absolute atomic E-state index is 11.2. The maximum Gasteiger partial charge on any atom is 0.192 e. The first-order valence-electron chi connectivity index (χ1n) is 13.8. The van der Waals surface area contributed by atoms with Crippen molar-refractivity contribution in [1.82, 2.24) is 0 Å². The normalized spacial score (nSPS) is 16.6. The minimum absolute atomic E-state index is 0.146. The van der Waals surface area contributed by atoms with Crippen molar-refractivity contribution in [3.63, 3.8) is 0 Å². The lowest BCUT2D eigenvalue weighted by Crippen LogP contribution is -2.40. The standard InChI is InChI=1S/C31H54O7Si/c1-23(17-19-38-39(10,11)31(4,5)6)29(37-22-33-7)20-28(32)25(3)30(35-9)24(2)16-18-36-21-26-12-14-27(34-8)15-13-26/h12-17,25,28-30,32H,18-22H2,1-11H3/b23-17+,24-16+/t25-,28+,29+,30+/m1/s1. The van der Waals surface area contributed by atoms with E-state index in [9.17, 15) is 5.11 Å². The summed E-state index contributed by atoms with van der Waals surface area (Å²) >= 11 is 0. The molecule has 0 aliphatic heterocycles. The molecule has 0 saturated carbocycles. The highest BCUT2D eigenvalue weighted by atomic mass is 28.4. The van der Waals surface area contributed by atoms with Gasteiger partial charge in [0.25, 0.3) is 0 Å². The molecule has 0 spiro atoms. The van der Waals surface area contributed by atoms with Crippen LogP contribution in [0.2, 0.25) is 18.1 Å². The highest BCUT2D eigenvalue weighted by Crippen LogP contribution is 2.36. The zero-order valence-corrected chi connectivity index (χ0v) is 27.2. The Morgan fingerprint density at radius 1 is 0.974 bits per heavy atom. The highest BCUT2D eigenvalue weighted by molar-refractivity contribution is 6.74. The number of ether oxygens (including phenoxy) is 5. The number of aliphatic hydroxyl groups excluding tert-OH is 1. The SMILES string of the molecule is COCO[C@@H](C[C@H](O)[C@@H](C)[C@@H](OC)/C(C)=C/COCc1ccc(OC)cc1)/C(C)=C/CO[Si](C)(C)C(C)(C)C. The zero-order valence-electron chi connectivity index (χ0n) is 26.2. The van der Waals surface area contributed by atoms with Crippen LogP contribution in [0.3, 0.4) is 0 Å². The van der Waals surface area contributed by atoms with Gasteiger partial charge in [-0.1, -0.05) is 52.0 Å². The molecule has 1 aromatic carbocycles. The van der Waals surface area contributed by atoms with Gasteiger partial charge in [-0.25, -0.2) is 0 Å². The van der Waals surface area contributed by atoms with Gasteiger partial charge in [0.05, 0.1) is 45.2 Å². The topological polar surface area (TPSA) is 75.6 Å². The van der Waals surface area contributed by atoms with Gasteiger partial charge in [-0.05, 0) is 60.8 Å². The molecular formula is C31H54O7Si. The third-order valence-corrected chi connectivity index (χ3v) is 12.2. The molecule has 0 radical (unpaired) electrons. The molecule has 1 rings (SSSR count). The van der Waals surface area contributed by atoms with E-state index in [-0.39, 0.29) is 30.0 Å². The Balaban J connectivity index is 2.76. The number of hydrogen-bond acceptors (Lipinski definition) is 7. The second-order valence-electron chi connectivity index (χ2n) is 11.7. The largest absolute Gasteiger partial charge is 0.497 e. The first-order chi connectivity index (χ1) is 18.3. The van der Waals surface area contributed by atoms with Crippen molar-refractivity contribution in [2.45, 2.75) is 91.0 Å². The fourth-order valence-electron chi connectivity index (χ4n) is 3.92. The first kappa shape index (κ1) is 35.5. The Bertz CT molecular complexity index is 874. The Morgan fingerprint density at radius 2 is 1.59 bits per heavy atom. The van der Waals surface area contributed by atoms with Gasteiger partial charge >= 0.3 is 0 Å². The second-order valence-corrected chi connectivity index (χ2v) is 16.5. The van der Waals surface area contributed by atoms with Crippen LogP contribution in [0, 0.1) is 5.92 Å². The number of benzene rings is 1. The van der Waals surface area contributed by atoms with Gasteiger partial charge in [-0.3, -0.25) is 0 Å². The fourth-order valence-corrected chi connectivity index (χ4v) is 4.85. The Hall–Kier alpha value is -1.52. The van der Waals surface area contributed by atoms with Crippen LogP contribution in [0.15, 0.2) is 47.6 Å². The van der Waals surface area contributed by atoms with E-state index >= 15 is 0 Å². The number of methoxy groups -OCH3 is 3. The van der Waals surface area contributed by atoms with E-state index in [1.54, 1.807) is 21.3 Å². The molecule has 0 aliphatic carbocycles. The molecule has 0 bridgehead atoms. The Kier molecular flexibility index (Phi) is 15.8. The van der Waals surface area contributed by atoms with Crippen LogP contribution in [0.5, 0.6) is 5.75 Å². The number of aliphatic hydroxyl groups is 1. The molecule has 1 aromatic rings. The fraction of sp³-hybridized carbons (Fsp3) is 0.677. The predicted molar refractivity (Wildman–Crippen MR) is 161 cm³/mol. The van der Waals surface area contributed by atoms with Crippen LogP contribution in [0.25, 0.3) is 0 Å². The van der Waals surface area contributed by atoms with E-state index in [1.807, 2.05) is 51.1 Å². The van der Waals surface area contributed by atoms with Crippen molar-refractivity contribution in [2.24, 2.45) is 5.92 Å². The van der Waals surface area contributed by atoms with E-state index in [4.69, 9.17) is 28.1 Å². The lowest BCUT2D eigenvalue weighted by atomic mass is 9.88. The summed E-state index contributed by atoms with van der Waals surface area (Å²) in [6.07, 6.45) is 3.32. The molecule has 7 nitrogen and oxygen atoms in total. The van der Waals surface area contributed by atoms with Gasteiger partial charge in [-0.15, -0.1) is 0 Å². The highest BCUT2D eigenvalue weighted by Gasteiger charge is 2.37. The smallest absolute Gasteiger partial charge is 0.192 e. The van der Waals surface area contributed by atoms with Crippen molar-refractivity contribution in [3.8, 4) is 5.75 Å². The molecule has 8 heteroatoms. The molecule has 0 heterocycles. The Morgan fingerprint density at radius 3 is 2.13 bits per heavy atom. The van der Waals surface area contributed by atoms with Crippen LogP contribution >= 0.6 is 0 Å². The molecule has 0 aromatic heterocycles. The van der Waals surface area contributed by atoms with Crippen LogP contribution < -0.4 is 4.74 Å². The Labute approximate surface area is 238 Å². The lowest BCUT2D eigenvalue weighted by molar-refractivity contribution is -0.0809. The summed E-state index contributed by atoms with van der Waals surface area (Å²) in [5, 5.41) is 11.3. The van der Waals surface area contributed by atoms with E-state index < -0.39 is 14.4 Å². The average Bonchev–Trinajstić information content (AvgIpc) is 2.88. The molecule has 0 amide bonds. The monoisotopic (exact) mass is 566 g/mol. The number of rotatable bonds is 18. The van der Waals surface area contributed by atoms with Crippen molar-refractivity contribution < 1.29 is 33.2 Å². The van der Waals surface area contributed by atoms with Gasteiger partial charge in [0, 0.05) is 26.6 Å². The summed E-state index contributed by atoms with van der Waals surface area (Å²) in [5.41, 5.74) is 3.11. The van der Waals surface area contributed by atoms with Crippen LogP contribution in [-0.4, -0.2) is 73.1 Å². The van der Waals surface area contributed by atoms with Crippen LogP contribution in [0.1, 0.15) is 53.5 Å². The molecular weight excluding hydrogens is 512 g/mol. The molecule has 39 heavy (non-hydrogen) atoms. The predicted octanol–water partition coefficient (Wildman–Crippen LogP) is 6.52. The van der Waals surface area contributed by atoms with E-state index in [2.05, 4.69) is 39.9 Å². The number of hydrogen-bond donors (Lipinski definition) is 1. The lowest BCUT2D eigenvalue weighted by Gasteiger charge is -2.36. The zero-order chi connectivity index (χ0) is 29.6. The average molecular weight is 567 g/mol. The molecule has 0 saturated heterocycles. The van der Waals surface area contributed by atoms with E-state index in [1.165, 1.54) is 0 Å². The van der Waals surface area contributed by atoms with Crippen molar-refractivity contribution in [2.75, 3.05) is 41.3 Å². The molecule has 0 fully saturated rings. The summed E-state index contributed by atoms with van der Waals surface area (Å²) in [5.74, 6) is 0.669. The van der Waals surface area contributed by atoms with Crippen molar-refractivity contribution >= 4 is 8.32 Å². The van der Waals surface area contributed by atoms with Gasteiger partial charge in [0.2, 0.25) is 0 Å². The summed E-state index contributed by atoms with van der Waals surface area (Å²) < 4.78 is 34.3. The quantitative estimate of drug-likeness (QED) is 0.0939. The van der Waals surface area contributed by atoms with Crippen LogP contribution in [0.4, 0.5) is 0 Å².